The predicted molar refractivity (Wildman–Crippen MR) is 92.5 cm³/mol. The molecule has 0 N–H and O–H groups in total. The summed E-state index contributed by atoms with van der Waals surface area (Å²) in [4.78, 5) is 0. The Labute approximate surface area is 139 Å². The molecule has 1 heterocycles. The van der Waals surface area contributed by atoms with Gasteiger partial charge in [0.2, 0.25) is 20.0 Å². The first-order chi connectivity index (χ1) is 10.8. The standard InChI is InChI=1S/C15H24N2O4S2/c1-16(15-9-3-2-4-10-15)22(18,19)13-7-8-14-23(20,21)17-11-5-6-12-17/h2-4,9-10H,5-8,11-14H2,1H3. The minimum absolute atomic E-state index is 0.0254. The van der Waals surface area contributed by atoms with E-state index in [1.54, 1.807) is 24.3 Å². The van der Waals surface area contributed by atoms with E-state index in [-0.39, 0.29) is 11.5 Å². The van der Waals surface area contributed by atoms with Crippen molar-refractivity contribution in [2.75, 3.05) is 35.9 Å². The monoisotopic (exact) mass is 360 g/mol. The second-order valence-electron chi connectivity index (χ2n) is 5.75. The van der Waals surface area contributed by atoms with Crippen molar-refractivity contribution in [2.24, 2.45) is 0 Å². The number of para-hydroxylation sites is 1. The molecule has 1 saturated heterocycles. The average molecular weight is 361 g/mol. The van der Waals surface area contributed by atoms with E-state index < -0.39 is 20.0 Å². The first-order valence-electron chi connectivity index (χ1n) is 7.82. The van der Waals surface area contributed by atoms with Gasteiger partial charge in [0.1, 0.15) is 0 Å². The summed E-state index contributed by atoms with van der Waals surface area (Å²) in [6.07, 6.45) is 2.53. The van der Waals surface area contributed by atoms with Gasteiger partial charge in [-0.2, -0.15) is 0 Å². The third kappa shape index (κ3) is 4.92. The van der Waals surface area contributed by atoms with Gasteiger partial charge in [0.05, 0.1) is 17.2 Å². The zero-order valence-corrected chi connectivity index (χ0v) is 15.0. The zero-order chi connectivity index (χ0) is 16.9. The average Bonchev–Trinajstić information content (AvgIpc) is 3.07. The van der Waals surface area contributed by atoms with Gasteiger partial charge in [-0.3, -0.25) is 4.31 Å². The van der Waals surface area contributed by atoms with E-state index in [0.717, 1.165) is 12.8 Å². The first-order valence-corrected chi connectivity index (χ1v) is 11.0. The van der Waals surface area contributed by atoms with Gasteiger partial charge in [-0.25, -0.2) is 21.1 Å². The van der Waals surface area contributed by atoms with E-state index in [1.807, 2.05) is 6.07 Å². The van der Waals surface area contributed by atoms with Crippen LogP contribution in [-0.4, -0.2) is 52.8 Å². The molecule has 0 aromatic heterocycles. The van der Waals surface area contributed by atoms with E-state index in [4.69, 9.17) is 0 Å². The second-order valence-corrected chi connectivity index (χ2v) is 9.96. The summed E-state index contributed by atoms with van der Waals surface area (Å²) in [6.45, 7) is 1.19. The molecule has 0 bridgehead atoms. The lowest BCUT2D eigenvalue weighted by Crippen LogP contribution is -2.31. The summed E-state index contributed by atoms with van der Waals surface area (Å²) in [5.41, 5.74) is 0.609. The molecule has 0 atom stereocenters. The molecule has 2 rings (SSSR count). The summed E-state index contributed by atoms with van der Waals surface area (Å²) >= 11 is 0. The summed E-state index contributed by atoms with van der Waals surface area (Å²) in [7, 11) is -5.13. The fourth-order valence-electron chi connectivity index (χ4n) is 2.60. The molecule has 0 amide bonds. The molecule has 0 spiro atoms. The number of benzene rings is 1. The fourth-order valence-corrected chi connectivity index (χ4v) is 5.53. The SMILES string of the molecule is CN(c1ccccc1)S(=O)(=O)CCCCS(=O)(=O)N1CCCC1. The Morgan fingerprint density at radius 2 is 1.52 bits per heavy atom. The highest BCUT2D eigenvalue weighted by molar-refractivity contribution is 7.92. The number of hydrogen-bond acceptors (Lipinski definition) is 4. The smallest absolute Gasteiger partial charge is 0.234 e. The quantitative estimate of drug-likeness (QED) is 0.661. The van der Waals surface area contributed by atoms with Crippen molar-refractivity contribution in [3.8, 4) is 0 Å². The molecule has 1 aromatic carbocycles. The highest BCUT2D eigenvalue weighted by atomic mass is 32.2. The molecule has 130 valence electrons. The van der Waals surface area contributed by atoms with E-state index in [9.17, 15) is 16.8 Å². The van der Waals surface area contributed by atoms with Crippen LogP contribution < -0.4 is 4.31 Å². The van der Waals surface area contributed by atoms with Crippen LogP contribution in [0.5, 0.6) is 0 Å². The molecule has 8 heteroatoms. The van der Waals surface area contributed by atoms with Crippen molar-refractivity contribution in [1.82, 2.24) is 4.31 Å². The molecule has 0 radical (unpaired) electrons. The van der Waals surface area contributed by atoms with E-state index >= 15 is 0 Å². The van der Waals surface area contributed by atoms with E-state index in [2.05, 4.69) is 0 Å². The van der Waals surface area contributed by atoms with Crippen molar-refractivity contribution in [1.29, 1.82) is 0 Å². The largest absolute Gasteiger partial charge is 0.273 e. The molecule has 0 aliphatic carbocycles. The highest BCUT2D eigenvalue weighted by Crippen LogP contribution is 2.17. The molecule has 6 nitrogen and oxygen atoms in total. The molecule has 1 aliphatic rings. The van der Waals surface area contributed by atoms with Crippen LogP contribution in [0.3, 0.4) is 0 Å². The lowest BCUT2D eigenvalue weighted by Gasteiger charge is -2.19. The maximum atomic E-state index is 12.3. The van der Waals surface area contributed by atoms with Gasteiger partial charge in [0, 0.05) is 20.1 Å². The maximum Gasteiger partial charge on any atom is 0.234 e. The molecular formula is C15H24N2O4S2. The van der Waals surface area contributed by atoms with E-state index in [0.29, 0.717) is 31.6 Å². The van der Waals surface area contributed by atoms with Gasteiger partial charge in [0.15, 0.2) is 0 Å². The summed E-state index contributed by atoms with van der Waals surface area (Å²) in [5.74, 6) is -0.0223. The molecule has 23 heavy (non-hydrogen) atoms. The van der Waals surface area contributed by atoms with Crippen LogP contribution >= 0.6 is 0 Å². The van der Waals surface area contributed by atoms with Crippen molar-refractivity contribution in [2.45, 2.75) is 25.7 Å². The van der Waals surface area contributed by atoms with Crippen molar-refractivity contribution in [3.05, 3.63) is 30.3 Å². The predicted octanol–water partition coefficient (Wildman–Crippen LogP) is 1.66. The minimum Gasteiger partial charge on any atom is -0.273 e. The third-order valence-electron chi connectivity index (χ3n) is 4.05. The Bertz CT molecular complexity index is 696. The first kappa shape index (κ1) is 18.2. The van der Waals surface area contributed by atoms with Crippen LogP contribution in [0.1, 0.15) is 25.7 Å². The number of anilines is 1. The Hall–Kier alpha value is -1.12. The molecule has 1 aromatic rings. The normalized spacial score (nSPS) is 16.6. The third-order valence-corrected chi connectivity index (χ3v) is 7.86. The van der Waals surface area contributed by atoms with Crippen molar-refractivity contribution in [3.63, 3.8) is 0 Å². The Kier molecular flexibility index (Phi) is 6.05. The second kappa shape index (κ2) is 7.63. The van der Waals surface area contributed by atoms with Gasteiger partial charge in [-0.15, -0.1) is 0 Å². The summed E-state index contributed by atoms with van der Waals surface area (Å²) in [5, 5.41) is 0. The van der Waals surface area contributed by atoms with Crippen molar-refractivity contribution < 1.29 is 16.8 Å². The molecule has 0 unspecified atom stereocenters. The molecule has 1 aliphatic heterocycles. The topological polar surface area (TPSA) is 74.8 Å². The van der Waals surface area contributed by atoms with Crippen LogP contribution in [0.4, 0.5) is 5.69 Å². The van der Waals surface area contributed by atoms with Crippen LogP contribution in [0.2, 0.25) is 0 Å². The summed E-state index contributed by atoms with van der Waals surface area (Å²) < 4.78 is 51.5. The van der Waals surface area contributed by atoms with Gasteiger partial charge < -0.3 is 0 Å². The van der Waals surface area contributed by atoms with Gasteiger partial charge in [0.25, 0.3) is 0 Å². The number of rotatable bonds is 8. The molecule has 1 fully saturated rings. The number of unbranched alkanes of at least 4 members (excludes halogenated alkanes) is 1. The Morgan fingerprint density at radius 1 is 0.957 bits per heavy atom. The number of hydrogen-bond donors (Lipinski definition) is 0. The van der Waals surface area contributed by atoms with Crippen LogP contribution in [0.25, 0.3) is 0 Å². The maximum absolute atomic E-state index is 12.3. The van der Waals surface area contributed by atoms with Crippen LogP contribution in [0.15, 0.2) is 30.3 Å². The number of sulfonamides is 2. The lowest BCUT2D eigenvalue weighted by molar-refractivity contribution is 0.475. The van der Waals surface area contributed by atoms with Crippen molar-refractivity contribution >= 4 is 25.7 Å². The van der Waals surface area contributed by atoms with Gasteiger partial charge in [-0.05, 0) is 37.8 Å². The Morgan fingerprint density at radius 3 is 2.13 bits per heavy atom. The van der Waals surface area contributed by atoms with Gasteiger partial charge in [-0.1, -0.05) is 18.2 Å². The lowest BCUT2D eigenvalue weighted by atomic mass is 10.3. The summed E-state index contributed by atoms with van der Waals surface area (Å²) in [6, 6.07) is 8.85. The Balaban J connectivity index is 1.83. The molecule has 0 saturated carbocycles. The highest BCUT2D eigenvalue weighted by Gasteiger charge is 2.25. The van der Waals surface area contributed by atoms with Gasteiger partial charge >= 0.3 is 0 Å². The van der Waals surface area contributed by atoms with E-state index in [1.165, 1.54) is 15.7 Å². The zero-order valence-electron chi connectivity index (χ0n) is 13.4. The molecular weight excluding hydrogens is 336 g/mol. The fraction of sp³-hybridized carbons (Fsp3) is 0.600. The number of nitrogens with zero attached hydrogens (tertiary/aromatic N) is 2. The minimum atomic E-state index is -3.43. The van der Waals surface area contributed by atoms with Crippen LogP contribution in [-0.2, 0) is 20.0 Å². The van der Waals surface area contributed by atoms with Crippen LogP contribution in [0, 0.1) is 0 Å².